The van der Waals surface area contributed by atoms with Gasteiger partial charge in [-0.1, -0.05) is 6.92 Å². The third kappa shape index (κ3) is 8.30. The number of ketones is 1. The molecular formula is C37H38F2N10O7. The number of urea groups is 2. The van der Waals surface area contributed by atoms with Crippen LogP contribution in [0.25, 0.3) is 44.3 Å². The summed E-state index contributed by atoms with van der Waals surface area (Å²) in [6.45, 7) is 5.97. The molecule has 0 spiro atoms. The Morgan fingerprint density at radius 3 is 1.54 bits per heavy atom. The standard InChI is InChI=1S/C19H20FN5O3.C18H18FN5O4/c1-4-13(26)15-16(20)11(10-6-7-25(3)14(27)8-10)9-12-17(15)23-18(22-12)24-19(28)21-5-2;1-4-20-18(27)23-17-21-11-8-10(9-5-6-24(2)12(25)7-9)14(19)13(15(11)22-17)16(26)28-3/h6-9H,4-5H2,1-3H3,(H3,21,22,23,24,28);5-8H,4H2,1-3H3,(H3,20,21,22,23,27). The molecule has 6 N–H and O–H groups in total. The molecule has 0 aliphatic heterocycles. The fourth-order valence-corrected chi connectivity index (χ4v) is 5.57. The number of H-pyrrole nitrogens is 2. The van der Waals surface area contributed by atoms with Crippen LogP contribution in [-0.4, -0.2) is 73.1 Å². The summed E-state index contributed by atoms with van der Waals surface area (Å²) in [5.74, 6) is -2.85. The summed E-state index contributed by atoms with van der Waals surface area (Å²) in [4.78, 5) is 85.9. The summed E-state index contributed by atoms with van der Waals surface area (Å²) in [5, 5.41) is 10.1. The molecule has 6 rings (SSSR count). The topological polar surface area (TPSA) is 227 Å². The average molecular weight is 773 g/mol. The zero-order valence-corrected chi connectivity index (χ0v) is 31.1. The number of imidazole rings is 2. The first-order valence-corrected chi connectivity index (χ1v) is 17.2. The van der Waals surface area contributed by atoms with Crippen LogP contribution in [0.4, 0.5) is 30.3 Å². The van der Waals surface area contributed by atoms with Crippen molar-refractivity contribution in [3.8, 4) is 22.3 Å². The molecular weight excluding hydrogens is 734 g/mol. The molecule has 0 fully saturated rings. The Morgan fingerprint density at radius 1 is 0.714 bits per heavy atom. The van der Waals surface area contributed by atoms with E-state index in [0.29, 0.717) is 35.2 Å². The molecule has 4 aromatic heterocycles. The Hall–Kier alpha value is -7.18. The normalized spacial score (nSPS) is 10.8. The van der Waals surface area contributed by atoms with E-state index < -0.39 is 41.0 Å². The molecule has 0 aliphatic carbocycles. The number of Topliss-reactive ketones (excluding diaryl/α,β-unsaturated/α-hetero) is 1. The van der Waals surface area contributed by atoms with E-state index in [1.54, 1.807) is 47.0 Å². The summed E-state index contributed by atoms with van der Waals surface area (Å²) in [6.07, 6.45) is 3.10. The highest BCUT2D eigenvalue weighted by Crippen LogP contribution is 2.33. The number of amides is 4. The quantitative estimate of drug-likeness (QED) is 0.0876. The Morgan fingerprint density at radius 2 is 1.14 bits per heavy atom. The average Bonchev–Trinajstić information content (AvgIpc) is 3.75. The van der Waals surface area contributed by atoms with Gasteiger partial charge in [0.05, 0.1) is 23.7 Å². The molecule has 0 unspecified atom stereocenters. The van der Waals surface area contributed by atoms with Crippen molar-refractivity contribution in [3.63, 3.8) is 0 Å². The van der Waals surface area contributed by atoms with E-state index in [0.717, 1.165) is 7.11 Å². The molecule has 4 amide bonds. The van der Waals surface area contributed by atoms with E-state index >= 15 is 8.78 Å². The fraction of sp³-hybridized carbons (Fsp3) is 0.243. The van der Waals surface area contributed by atoms with Crippen LogP contribution in [-0.2, 0) is 18.8 Å². The lowest BCUT2D eigenvalue weighted by molar-refractivity contribution is 0.0597. The summed E-state index contributed by atoms with van der Waals surface area (Å²) in [7, 11) is 4.28. The van der Waals surface area contributed by atoms with Crippen LogP contribution in [0.15, 0.2) is 58.4 Å². The van der Waals surface area contributed by atoms with E-state index in [4.69, 9.17) is 0 Å². The minimum absolute atomic E-state index is 0.00346. The molecule has 0 aliphatic rings. The van der Waals surface area contributed by atoms with Crippen molar-refractivity contribution in [1.82, 2.24) is 39.7 Å². The van der Waals surface area contributed by atoms with Crippen LogP contribution in [0.2, 0.25) is 0 Å². The lowest BCUT2D eigenvalue weighted by atomic mass is 9.98. The van der Waals surface area contributed by atoms with Crippen molar-refractivity contribution in [2.75, 3.05) is 30.8 Å². The van der Waals surface area contributed by atoms with Crippen LogP contribution in [0, 0.1) is 11.6 Å². The monoisotopic (exact) mass is 772 g/mol. The SMILES string of the molecule is CCNC(=O)Nc1nc2c(C(=O)CC)c(F)c(-c3ccn(C)c(=O)c3)cc2[nH]1.CCNC(=O)Nc1nc2c(C(=O)OC)c(F)c(-c3ccn(C)c(=O)c3)cc2[nH]1. The number of nitrogens with one attached hydrogen (secondary N) is 6. The maximum absolute atomic E-state index is 15.3. The number of aromatic amines is 2. The number of ether oxygens (including phenoxy) is 1. The van der Waals surface area contributed by atoms with Crippen molar-refractivity contribution in [1.29, 1.82) is 0 Å². The number of halogens is 2. The highest BCUT2D eigenvalue weighted by molar-refractivity contribution is 6.09. The van der Waals surface area contributed by atoms with Gasteiger partial charge in [0.2, 0.25) is 11.9 Å². The second-order valence-electron chi connectivity index (χ2n) is 12.2. The smallest absolute Gasteiger partial charge is 0.343 e. The van der Waals surface area contributed by atoms with Gasteiger partial charge in [-0.3, -0.25) is 25.0 Å². The van der Waals surface area contributed by atoms with E-state index in [9.17, 15) is 28.8 Å². The number of carbonyl (C=O) groups is 4. The summed E-state index contributed by atoms with van der Waals surface area (Å²) < 4.78 is 37.8. The number of benzene rings is 2. The summed E-state index contributed by atoms with van der Waals surface area (Å²) in [6, 6.07) is 7.62. The Balaban J connectivity index is 0.000000214. The number of fused-ring (bicyclic) bond motifs is 2. The summed E-state index contributed by atoms with van der Waals surface area (Å²) in [5.41, 5.74) is 0.377. The van der Waals surface area contributed by atoms with Crippen LogP contribution in [0.3, 0.4) is 0 Å². The lowest BCUT2D eigenvalue weighted by Gasteiger charge is -2.09. The molecule has 0 bridgehead atoms. The number of nitrogens with zero attached hydrogens (tertiary/aromatic N) is 4. The maximum Gasteiger partial charge on any atom is 0.343 e. The predicted octanol–water partition coefficient (Wildman–Crippen LogP) is 4.80. The van der Waals surface area contributed by atoms with Gasteiger partial charge in [0, 0.05) is 69.3 Å². The number of aryl methyl sites for hydroxylation is 2. The summed E-state index contributed by atoms with van der Waals surface area (Å²) >= 11 is 0. The minimum Gasteiger partial charge on any atom is -0.465 e. The number of anilines is 2. The first kappa shape index (κ1) is 40.0. The first-order valence-electron chi connectivity index (χ1n) is 17.2. The van der Waals surface area contributed by atoms with Gasteiger partial charge < -0.3 is 34.5 Å². The number of methoxy groups -OCH3 is 1. The van der Waals surface area contributed by atoms with Gasteiger partial charge in [-0.05, 0) is 49.2 Å². The second-order valence-corrected chi connectivity index (χ2v) is 12.2. The fourth-order valence-electron chi connectivity index (χ4n) is 5.57. The number of rotatable bonds is 9. The van der Waals surface area contributed by atoms with E-state index in [1.807, 2.05) is 0 Å². The Labute approximate surface area is 316 Å². The van der Waals surface area contributed by atoms with E-state index in [2.05, 4.69) is 45.9 Å². The van der Waals surface area contributed by atoms with Gasteiger partial charge in [-0.2, -0.15) is 0 Å². The number of hydrogen-bond acceptors (Lipinski definition) is 9. The lowest BCUT2D eigenvalue weighted by Crippen LogP contribution is -2.28. The van der Waals surface area contributed by atoms with Crippen molar-refractivity contribution >= 4 is 57.8 Å². The largest absolute Gasteiger partial charge is 0.465 e. The Kier molecular flexibility index (Phi) is 12.1. The van der Waals surface area contributed by atoms with Crippen LogP contribution >= 0.6 is 0 Å². The zero-order chi connectivity index (χ0) is 40.8. The number of hydrogen-bond donors (Lipinski definition) is 6. The molecule has 4 heterocycles. The highest BCUT2D eigenvalue weighted by Gasteiger charge is 2.25. The van der Waals surface area contributed by atoms with Gasteiger partial charge in [0.15, 0.2) is 5.78 Å². The van der Waals surface area contributed by atoms with Gasteiger partial charge in [-0.25, -0.2) is 33.1 Å². The molecule has 0 radical (unpaired) electrons. The number of pyridine rings is 2. The van der Waals surface area contributed by atoms with Crippen LogP contribution < -0.4 is 32.4 Å². The number of esters is 1. The number of carbonyl (C=O) groups excluding carboxylic acids is 4. The first-order chi connectivity index (χ1) is 26.7. The van der Waals surface area contributed by atoms with Crippen molar-refractivity contribution in [2.24, 2.45) is 14.1 Å². The molecule has 17 nitrogen and oxygen atoms in total. The molecule has 0 saturated heterocycles. The third-order valence-electron chi connectivity index (χ3n) is 8.39. The zero-order valence-electron chi connectivity index (χ0n) is 31.1. The van der Waals surface area contributed by atoms with Crippen molar-refractivity contribution in [2.45, 2.75) is 27.2 Å². The molecule has 56 heavy (non-hydrogen) atoms. The third-order valence-corrected chi connectivity index (χ3v) is 8.39. The van der Waals surface area contributed by atoms with Gasteiger partial charge in [0.25, 0.3) is 11.1 Å². The van der Waals surface area contributed by atoms with Crippen molar-refractivity contribution in [3.05, 3.63) is 92.3 Å². The molecule has 6 aromatic rings. The predicted molar refractivity (Wildman–Crippen MR) is 205 cm³/mol. The van der Waals surface area contributed by atoms with Gasteiger partial charge >= 0.3 is 18.0 Å². The highest BCUT2D eigenvalue weighted by atomic mass is 19.1. The Bertz CT molecular complexity index is 2450. The van der Waals surface area contributed by atoms with Gasteiger partial charge in [-0.15, -0.1) is 0 Å². The molecule has 292 valence electrons. The van der Waals surface area contributed by atoms with Crippen molar-refractivity contribution < 1.29 is 32.7 Å². The molecule has 19 heteroatoms. The molecule has 0 atom stereocenters. The second kappa shape index (κ2) is 16.9. The number of aromatic nitrogens is 6. The molecule has 0 saturated carbocycles. The maximum atomic E-state index is 15.3. The van der Waals surface area contributed by atoms with Gasteiger partial charge in [0.1, 0.15) is 28.2 Å². The van der Waals surface area contributed by atoms with E-state index in [-0.39, 0.29) is 57.2 Å². The molecule has 2 aromatic carbocycles. The van der Waals surface area contributed by atoms with E-state index in [1.165, 1.54) is 45.8 Å². The minimum atomic E-state index is -0.927. The van der Waals surface area contributed by atoms with Crippen LogP contribution in [0.1, 0.15) is 47.9 Å². The van der Waals surface area contributed by atoms with Crippen LogP contribution in [0.5, 0.6) is 0 Å².